The van der Waals surface area contributed by atoms with Crippen molar-refractivity contribution >= 4 is 39.1 Å². The molecule has 3 amide bonds. The van der Waals surface area contributed by atoms with Gasteiger partial charge in [0.1, 0.15) is 4.21 Å². The fourth-order valence-corrected chi connectivity index (χ4v) is 5.22. The van der Waals surface area contributed by atoms with E-state index in [4.69, 9.17) is 0 Å². The van der Waals surface area contributed by atoms with E-state index in [1.165, 1.54) is 13.0 Å². The summed E-state index contributed by atoms with van der Waals surface area (Å²) in [4.78, 5) is 35.7. The van der Waals surface area contributed by atoms with Crippen LogP contribution in [0.5, 0.6) is 0 Å². The molecular weight excluding hydrogens is 390 g/mol. The Morgan fingerprint density at radius 3 is 2.52 bits per heavy atom. The topological polar surface area (TPSA) is 121 Å². The summed E-state index contributed by atoms with van der Waals surface area (Å²) >= 11 is 0.983. The molecule has 1 atom stereocenters. The van der Waals surface area contributed by atoms with E-state index in [1.54, 1.807) is 13.0 Å². The van der Waals surface area contributed by atoms with Crippen molar-refractivity contribution in [1.29, 1.82) is 0 Å². The van der Waals surface area contributed by atoms with Crippen LogP contribution >= 0.6 is 11.3 Å². The summed E-state index contributed by atoms with van der Waals surface area (Å²) in [6.45, 7) is 3.28. The average molecular weight is 416 g/mol. The van der Waals surface area contributed by atoms with Gasteiger partial charge in [-0.3, -0.25) is 14.4 Å². The average Bonchev–Trinajstić information content (AvgIpc) is 3.24. The van der Waals surface area contributed by atoms with Crippen molar-refractivity contribution in [3.8, 4) is 0 Å². The number of nitrogens with one attached hydrogen (secondary N) is 3. The number of carbonyl (C=O) groups is 3. The molecule has 27 heavy (non-hydrogen) atoms. The number of sulfonamides is 1. The Bertz CT molecular complexity index is 797. The van der Waals surface area contributed by atoms with Crippen molar-refractivity contribution in [1.82, 2.24) is 15.4 Å². The fourth-order valence-electron chi connectivity index (χ4n) is 2.93. The summed E-state index contributed by atoms with van der Waals surface area (Å²) < 4.78 is 26.6. The summed E-state index contributed by atoms with van der Waals surface area (Å²) in [7, 11) is -3.97. The van der Waals surface area contributed by atoms with E-state index in [2.05, 4.69) is 10.6 Å². The molecule has 1 heterocycles. The second-order valence-corrected chi connectivity index (χ2v) is 9.83. The first kappa shape index (κ1) is 21.4. The van der Waals surface area contributed by atoms with Gasteiger partial charge < -0.3 is 10.6 Å². The fraction of sp³-hybridized carbons (Fsp3) is 0.588. The van der Waals surface area contributed by atoms with E-state index in [9.17, 15) is 22.8 Å². The second kappa shape index (κ2) is 9.32. The summed E-state index contributed by atoms with van der Waals surface area (Å²) in [6, 6.07) is 2.53. The summed E-state index contributed by atoms with van der Waals surface area (Å²) in [6.07, 6.45) is 3.67. The van der Waals surface area contributed by atoms with Crippen LogP contribution in [0.4, 0.5) is 0 Å². The Morgan fingerprint density at radius 2 is 1.89 bits per heavy atom. The van der Waals surface area contributed by atoms with Gasteiger partial charge in [-0.2, -0.15) is 0 Å². The first-order valence-electron chi connectivity index (χ1n) is 8.86. The number of hydrogen-bond donors (Lipinski definition) is 3. The molecule has 3 N–H and O–H groups in total. The van der Waals surface area contributed by atoms with Crippen molar-refractivity contribution in [2.75, 3.05) is 0 Å². The predicted molar refractivity (Wildman–Crippen MR) is 101 cm³/mol. The van der Waals surface area contributed by atoms with Crippen molar-refractivity contribution in [3.05, 3.63) is 17.0 Å². The Balaban J connectivity index is 1.86. The van der Waals surface area contributed by atoms with Crippen LogP contribution in [-0.2, 0) is 31.0 Å². The third-order valence-corrected chi connectivity index (χ3v) is 7.22. The van der Waals surface area contributed by atoms with Gasteiger partial charge in [-0.15, -0.1) is 11.3 Å². The van der Waals surface area contributed by atoms with Gasteiger partial charge in [0.2, 0.25) is 17.7 Å². The van der Waals surface area contributed by atoms with E-state index >= 15 is 0 Å². The number of rotatable bonds is 8. The molecule has 1 saturated carbocycles. The lowest BCUT2D eigenvalue weighted by Crippen LogP contribution is -2.40. The Kier molecular flexibility index (Phi) is 7.37. The van der Waals surface area contributed by atoms with Gasteiger partial charge in [-0.05, 0) is 31.9 Å². The molecule has 10 heteroatoms. The molecule has 1 aromatic rings. The zero-order chi connectivity index (χ0) is 20.0. The Hall–Kier alpha value is -1.94. The van der Waals surface area contributed by atoms with Crippen LogP contribution in [0.25, 0.3) is 0 Å². The standard InChI is InChI=1S/C17H25N3O5S2/c1-11(19-17(23)13-5-3-4-6-13)9-15(22)20-27(24,25)16-8-7-14(26-16)10-18-12(2)21/h7-8,11,13H,3-6,9-10H2,1-2H3,(H,18,21)(H,19,23)(H,20,22). The van der Waals surface area contributed by atoms with E-state index < -0.39 is 22.0 Å². The molecule has 0 radical (unpaired) electrons. The van der Waals surface area contributed by atoms with Crippen molar-refractivity contribution < 1.29 is 22.8 Å². The van der Waals surface area contributed by atoms with Crippen molar-refractivity contribution in [3.63, 3.8) is 0 Å². The third-order valence-electron chi connectivity index (χ3n) is 4.27. The molecule has 1 aliphatic rings. The van der Waals surface area contributed by atoms with Gasteiger partial charge in [0.25, 0.3) is 10.0 Å². The Labute approximate surface area is 163 Å². The lowest BCUT2D eigenvalue weighted by molar-refractivity contribution is -0.126. The van der Waals surface area contributed by atoms with Crippen LogP contribution in [0, 0.1) is 5.92 Å². The highest BCUT2D eigenvalue weighted by Gasteiger charge is 2.25. The van der Waals surface area contributed by atoms with E-state index in [0.717, 1.165) is 37.0 Å². The molecule has 1 aliphatic carbocycles. The van der Waals surface area contributed by atoms with Gasteiger partial charge in [-0.25, -0.2) is 13.1 Å². The summed E-state index contributed by atoms with van der Waals surface area (Å²) in [5, 5.41) is 5.36. The van der Waals surface area contributed by atoms with E-state index in [1.807, 2.05) is 4.72 Å². The predicted octanol–water partition coefficient (Wildman–Crippen LogP) is 1.27. The minimum Gasteiger partial charge on any atom is -0.353 e. The number of amides is 3. The highest BCUT2D eigenvalue weighted by molar-refractivity contribution is 7.92. The third kappa shape index (κ3) is 6.62. The molecule has 0 aliphatic heterocycles. The summed E-state index contributed by atoms with van der Waals surface area (Å²) in [5.74, 6) is -0.968. The van der Waals surface area contributed by atoms with Gasteiger partial charge in [0.05, 0.1) is 6.54 Å². The molecule has 150 valence electrons. The molecule has 8 nitrogen and oxygen atoms in total. The van der Waals surface area contributed by atoms with Crippen LogP contribution in [0.2, 0.25) is 0 Å². The normalized spacial score (nSPS) is 15.9. The first-order chi connectivity index (χ1) is 12.7. The highest BCUT2D eigenvalue weighted by Crippen LogP contribution is 2.25. The molecule has 0 aromatic carbocycles. The van der Waals surface area contributed by atoms with E-state index in [0.29, 0.717) is 4.88 Å². The minimum atomic E-state index is -3.97. The zero-order valence-electron chi connectivity index (χ0n) is 15.4. The molecule has 1 aromatic heterocycles. The molecular formula is C17H25N3O5S2. The molecule has 1 fully saturated rings. The first-order valence-corrected chi connectivity index (χ1v) is 11.2. The largest absolute Gasteiger partial charge is 0.353 e. The van der Waals surface area contributed by atoms with Gasteiger partial charge in [0.15, 0.2) is 0 Å². The SMILES string of the molecule is CC(=O)NCc1ccc(S(=O)(=O)NC(=O)CC(C)NC(=O)C2CCCC2)s1. The molecule has 0 saturated heterocycles. The maximum Gasteiger partial charge on any atom is 0.273 e. The number of thiophene rings is 1. The minimum absolute atomic E-state index is 0.00107. The Morgan fingerprint density at radius 1 is 1.22 bits per heavy atom. The molecule has 0 spiro atoms. The number of carbonyl (C=O) groups excluding carboxylic acids is 3. The molecule has 0 bridgehead atoms. The number of hydrogen-bond acceptors (Lipinski definition) is 6. The van der Waals surface area contributed by atoms with Crippen LogP contribution in [0.15, 0.2) is 16.3 Å². The maximum atomic E-state index is 12.3. The maximum absolute atomic E-state index is 12.3. The smallest absolute Gasteiger partial charge is 0.273 e. The van der Waals surface area contributed by atoms with Gasteiger partial charge >= 0.3 is 0 Å². The lowest BCUT2D eigenvalue weighted by atomic mass is 10.1. The van der Waals surface area contributed by atoms with Crippen molar-refractivity contribution in [2.24, 2.45) is 5.92 Å². The van der Waals surface area contributed by atoms with Crippen LogP contribution in [-0.4, -0.2) is 32.2 Å². The van der Waals surface area contributed by atoms with Gasteiger partial charge in [0, 0.05) is 30.2 Å². The zero-order valence-corrected chi connectivity index (χ0v) is 17.0. The molecule has 1 unspecified atom stereocenters. The monoisotopic (exact) mass is 415 g/mol. The highest BCUT2D eigenvalue weighted by atomic mass is 32.2. The quantitative estimate of drug-likeness (QED) is 0.590. The lowest BCUT2D eigenvalue weighted by Gasteiger charge is -2.16. The van der Waals surface area contributed by atoms with Crippen LogP contribution in [0.1, 0.15) is 50.8 Å². The van der Waals surface area contributed by atoms with Crippen LogP contribution < -0.4 is 15.4 Å². The second-order valence-electron chi connectivity index (χ2n) is 6.75. The van der Waals surface area contributed by atoms with Crippen molar-refractivity contribution in [2.45, 2.75) is 62.7 Å². The summed E-state index contributed by atoms with van der Waals surface area (Å²) in [5.41, 5.74) is 0. The van der Waals surface area contributed by atoms with Gasteiger partial charge in [-0.1, -0.05) is 12.8 Å². The van der Waals surface area contributed by atoms with Crippen LogP contribution in [0.3, 0.4) is 0 Å². The molecule has 2 rings (SSSR count). The van der Waals surface area contributed by atoms with E-state index in [-0.39, 0.29) is 34.9 Å².